The summed E-state index contributed by atoms with van der Waals surface area (Å²) in [6.45, 7) is 6.06. The molecule has 0 bridgehead atoms. The summed E-state index contributed by atoms with van der Waals surface area (Å²) >= 11 is 0. The molecule has 0 aromatic carbocycles. The van der Waals surface area contributed by atoms with Gasteiger partial charge < -0.3 is 4.74 Å². The van der Waals surface area contributed by atoms with Crippen LogP contribution in [0.2, 0.25) is 0 Å². The number of aromatic nitrogens is 2. The van der Waals surface area contributed by atoms with Crippen LogP contribution in [-0.4, -0.2) is 22.0 Å². The molecule has 2 aromatic rings. The molecule has 90 valence electrons. The molecular weight excluding hydrogens is 216 g/mol. The van der Waals surface area contributed by atoms with Crippen LogP contribution in [0.15, 0.2) is 18.2 Å². The second-order valence-electron chi connectivity index (χ2n) is 3.83. The molecule has 4 heteroatoms. The highest BCUT2D eigenvalue weighted by Gasteiger charge is 2.18. The predicted molar refractivity (Wildman–Crippen MR) is 65.3 cm³/mol. The number of hydrogen-bond acceptors (Lipinski definition) is 3. The smallest absolute Gasteiger partial charge is 0.357 e. The van der Waals surface area contributed by atoms with Crippen molar-refractivity contribution >= 4 is 11.6 Å². The molecule has 0 aliphatic carbocycles. The summed E-state index contributed by atoms with van der Waals surface area (Å²) < 4.78 is 6.96. The van der Waals surface area contributed by atoms with E-state index in [1.54, 1.807) is 6.92 Å². The zero-order chi connectivity index (χ0) is 12.4. The van der Waals surface area contributed by atoms with Gasteiger partial charge in [0, 0.05) is 5.69 Å². The number of pyridine rings is 1. The molecule has 0 aliphatic rings. The molecule has 0 unspecified atom stereocenters. The summed E-state index contributed by atoms with van der Waals surface area (Å²) in [5, 5.41) is 0. The Balaban J connectivity index is 2.68. The fraction of sp³-hybridized carbons (Fsp3) is 0.385. The number of carbonyl (C=O) groups excluding carboxylic acids is 1. The Bertz CT molecular complexity index is 558. The van der Waals surface area contributed by atoms with Crippen LogP contribution in [0.3, 0.4) is 0 Å². The molecule has 0 aliphatic heterocycles. The molecule has 2 aromatic heterocycles. The maximum absolute atomic E-state index is 11.9. The van der Waals surface area contributed by atoms with Gasteiger partial charge in [0.1, 0.15) is 5.65 Å². The molecular formula is C13H16N2O2. The lowest BCUT2D eigenvalue weighted by Gasteiger charge is -2.07. The van der Waals surface area contributed by atoms with Gasteiger partial charge in [0.25, 0.3) is 0 Å². The molecule has 0 atom stereocenters. The lowest BCUT2D eigenvalue weighted by Crippen LogP contribution is -2.11. The van der Waals surface area contributed by atoms with Crippen molar-refractivity contribution in [3.05, 3.63) is 35.3 Å². The van der Waals surface area contributed by atoms with E-state index in [0.717, 1.165) is 17.8 Å². The minimum atomic E-state index is -0.307. The highest BCUT2D eigenvalue weighted by Crippen LogP contribution is 2.16. The Morgan fingerprint density at radius 1 is 1.41 bits per heavy atom. The van der Waals surface area contributed by atoms with Gasteiger partial charge in [-0.15, -0.1) is 0 Å². The first-order valence-electron chi connectivity index (χ1n) is 5.83. The molecule has 0 saturated carbocycles. The second kappa shape index (κ2) is 4.57. The molecule has 17 heavy (non-hydrogen) atoms. The van der Waals surface area contributed by atoms with E-state index in [1.165, 1.54) is 0 Å². The van der Waals surface area contributed by atoms with Crippen molar-refractivity contribution in [3.8, 4) is 0 Å². The number of aryl methyl sites for hydroxylation is 2. The number of nitrogens with zero attached hydrogens (tertiary/aromatic N) is 2. The van der Waals surface area contributed by atoms with Crippen molar-refractivity contribution in [1.29, 1.82) is 0 Å². The molecule has 0 radical (unpaired) electrons. The van der Waals surface area contributed by atoms with Crippen LogP contribution < -0.4 is 0 Å². The van der Waals surface area contributed by atoms with Crippen molar-refractivity contribution in [2.24, 2.45) is 0 Å². The number of ether oxygens (including phenoxy) is 1. The summed E-state index contributed by atoms with van der Waals surface area (Å²) in [7, 11) is 0. The van der Waals surface area contributed by atoms with Crippen LogP contribution in [-0.2, 0) is 11.2 Å². The van der Waals surface area contributed by atoms with E-state index >= 15 is 0 Å². The molecule has 2 rings (SSSR count). The van der Waals surface area contributed by atoms with Crippen molar-refractivity contribution < 1.29 is 9.53 Å². The zero-order valence-electron chi connectivity index (χ0n) is 10.4. The standard InChI is InChI=1S/C13H16N2O2/c1-4-10-7-6-8-11-14-9(3)12(15(10)11)13(16)17-5-2/h6-8H,4-5H2,1-3H3. The summed E-state index contributed by atoms with van der Waals surface area (Å²) in [6.07, 6.45) is 0.847. The van der Waals surface area contributed by atoms with Crippen molar-refractivity contribution in [3.63, 3.8) is 0 Å². The van der Waals surface area contributed by atoms with Crippen molar-refractivity contribution in [1.82, 2.24) is 9.38 Å². The normalized spacial score (nSPS) is 10.8. The second-order valence-corrected chi connectivity index (χ2v) is 3.83. The highest BCUT2D eigenvalue weighted by atomic mass is 16.5. The highest BCUT2D eigenvalue weighted by molar-refractivity contribution is 5.90. The quantitative estimate of drug-likeness (QED) is 0.763. The topological polar surface area (TPSA) is 43.6 Å². The van der Waals surface area contributed by atoms with Gasteiger partial charge in [-0.3, -0.25) is 4.40 Å². The van der Waals surface area contributed by atoms with Crippen molar-refractivity contribution in [2.45, 2.75) is 27.2 Å². The molecule has 0 N–H and O–H groups in total. The Morgan fingerprint density at radius 2 is 2.18 bits per heavy atom. The average molecular weight is 232 g/mol. The van der Waals surface area contributed by atoms with Crippen LogP contribution in [0.1, 0.15) is 35.7 Å². The number of esters is 1. The lowest BCUT2D eigenvalue weighted by molar-refractivity contribution is 0.0517. The third kappa shape index (κ3) is 1.90. The van der Waals surface area contributed by atoms with E-state index in [4.69, 9.17) is 4.74 Å². The van der Waals surface area contributed by atoms with Crippen LogP contribution >= 0.6 is 0 Å². The fourth-order valence-corrected chi connectivity index (χ4v) is 1.99. The zero-order valence-corrected chi connectivity index (χ0v) is 10.4. The van der Waals surface area contributed by atoms with E-state index in [1.807, 2.05) is 29.5 Å². The maximum Gasteiger partial charge on any atom is 0.357 e. The van der Waals surface area contributed by atoms with Crippen molar-refractivity contribution in [2.75, 3.05) is 6.61 Å². The number of carbonyl (C=O) groups is 1. The number of imidazole rings is 1. The molecule has 2 heterocycles. The van der Waals surface area contributed by atoms with Gasteiger partial charge in [-0.25, -0.2) is 9.78 Å². The van der Waals surface area contributed by atoms with E-state index in [-0.39, 0.29) is 5.97 Å². The number of rotatable bonds is 3. The molecule has 0 fully saturated rings. The summed E-state index contributed by atoms with van der Waals surface area (Å²) in [5.41, 5.74) is 3.11. The molecule has 4 nitrogen and oxygen atoms in total. The van der Waals surface area contributed by atoms with Gasteiger partial charge in [-0.2, -0.15) is 0 Å². The predicted octanol–water partition coefficient (Wildman–Crippen LogP) is 2.38. The first kappa shape index (κ1) is 11.6. The minimum Gasteiger partial charge on any atom is -0.461 e. The largest absolute Gasteiger partial charge is 0.461 e. The van der Waals surface area contributed by atoms with Gasteiger partial charge in [0.05, 0.1) is 12.3 Å². The van der Waals surface area contributed by atoms with Crippen LogP contribution in [0.25, 0.3) is 5.65 Å². The number of hydrogen-bond donors (Lipinski definition) is 0. The van der Waals surface area contributed by atoms with E-state index < -0.39 is 0 Å². The Labute approximate surface area is 100 Å². The molecule has 0 amide bonds. The first-order chi connectivity index (χ1) is 8.19. The van der Waals surface area contributed by atoms with Gasteiger partial charge in [0.2, 0.25) is 0 Å². The van der Waals surface area contributed by atoms with Gasteiger partial charge in [0.15, 0.2) is 5.69 Å². The van der Waals surface area contributed by atoms with Crippen LogP contribution in [0, 0.1) is 6.92 Å². The van der Waals surface area contributed by atoms with E-state index in [2.05, 4.69) is 11.9 Å². The first-order valence-corrected chi connectivity index (χ1v) is 5.83. The summed E-state index contributed by atoms with van der Waals surface area (Å²) in [6, 6.07) is 5.85. The lowest BCUT2D eigenvalue weighted by atomic mass is 10.2. The third-order valence-electron chi connectivity index (χ3n) is 2.73. The SMILES string of the molecule is CCOC(=O)c1c(C)nc2cccc(CC)n12. The van der Waals surface area contributed by atoms with E-state index in [0.29, 0.717) is 18.0 Å². The summed E-state index contributed by atoms with van der Waals surface area (Å²) in [4.78, 5) is 16.3. The summed E-state index contributed by atoms with van der Waals surface area (Å²) in [5.74, 6) is -0.307. The van der Waals surface area contributed by atoms with Gasteiger partial charge in [-0.1, -0.05) is 13.0 Å². The Hall–Kier alpha value is -1.84. The average Bonchev–Trinajstić information content (AvgIpc) is 2.65. The molecule has 0 saturated heterocycles. The van der Waals surface area contributed by atoms with E-state index in [9.17, 15) is 4.79 Å². The van der Waals surface area contributed by atoms with Crippen LogP contribution in [0.5, 0.6) is 0 Å². The monoisotopic (exact) mass is 232 g/mol. The Morgan fingerprint density at radius 3 is 2.82 bits per heavy atom. The number of fused-ring (bicyclic) bond motifs is 1. The minimum absolute atomic E-state index is 0.307. The van der Waals surface area contributed by atoms with Gasteiger partial charge >= 0.3 is 5.97 Å². The fourth-order valence-electron chi connectivity index (χ4n) is 1.99. The third-order valence-corrected chi connectivity index (χ3v) is 2.73. The van der Waals surface area contributed by atoms with Crippen LogP contribution in [0.4, 0.5) is 0 Å². The maximum atomic E-state index is 11.9. The van der Waals surface area contributed by atoms with Gasteiger partial charge in [-0.05, 0) is 32.4 Å². The molecule has 0 spiro atoms. The Kier molecular flexibility index (Phi) is 3.13.